The first kappa shape index (κ1) is 17.9. The summed E-state index contributed by atoms with van der Waals surface area (Å²) in [5.74, 6) is 1.18. The minimum atomic E-state index is -0.133. The van der Waals surface area contributed by atoms with Crippen molar-refractivity contribution in [1.29, 1.82) is 0 Å². The highest BCUT2D eigenvalue weighted by molar-refractivity contribution is 8.14. The molecule has 0 saturated carbocycles. The maximum Gasteiger partial charge on any atom is 0.177 e. The van der Waals surface area contributed by atoms with E-state index in [2.05, 4.69) is 69.2 Å². The maximum absolute atomic E-state index is 10.8. The van der Waals surface area contributed by atoms with Gasteiger partial charge in [-0.1, -0.05) is 53.3 Å². The summed E-state index contributed by atoms with van der Waals surface area (Å²) in [5.41, 5.74) is 6.69. The molecule has 126 valence electrons. The summed E-state index contributed by atoms with van der Waals surface area (Å²) in [7, 11) is 1.76. The monoisotopic (exact) mass is 333 g/mol. The predicted octanol–water partition coefficient (Wildman–Crippen LogP) is 4.01. The van der Waals surface area contributed by atoms with E-state index in [0.29, 0.717) is 5.75 Å². The number of nitrogens with zero attached hydrogens (tertiary/aromatic N) is 2. The van der Waals surface area contributed by atoms with Crippen LogP contribution in [0, 0.1) is 0 Å². The largest absolute Gasteiger partial charge is 0.507 e. The molecule has 0 aromatic heterocycles. The molecule has 0 fully saturated rings. The Morgan fingerprint density at radius 1 is 1.09 bits per heavy atom. The molecule has 0 atom stereocenters. The number of aliphatic imine (C=N–C) groups is 1. The number of benzene rings is 1. The quantitative estimate of drug-likeness (QED) is 0.816. The molecule has 1 aliphatic rings. The van der Waals surface area contributed by atoms with Crippen molar-refractivity contribution in [1.82, 2.24) is 5.43 Å². The molecule has 1 aromatic rings. The summed E-state index contributed by atoms with van der Waals surface area (Å²) in [4.78, 5) is 4.12. The van der Waals surface area contributed by atoms with Gasteiger partial charge in [0, 0.05) is 23.9 Å². The van der Waals surface area contributed by atoms with E-state index >= 15 is 0 Å². The molecule has 0 spiro atoms. The average Bonchev–Trinajstić information content (AvgIpc) is 2.45. The zero-order valence-corrected chi connectivity index (χ0v) is 15.9. The number of nitrogens with one attached hydrogen (secondary N) is 1. The van der Waals surface area contributed by atoms with Crippen LogP contribution in [0.3, 0.4) is 0 Å². The first-order chi connectivity index (χ1) is 10.5. The van der Waals surface area contributed by atoms with Crippen LogP contribution in [0.5, 0.6) is 5.75 Å². The number of aromatic hydroxyl groups is 1. The highest BCUT2D eigenvalue weighted by atomic mass is 32.2. The number of hydrogen-bond donors (Lipinski definition) is 2. The number of hydrazone groups is 1. The van der Waals surface area contributed by atoms with Gasteiger partial charge >= 0.3 is 0 Å². The SMILES string of the molecule is CN=C1NN=C(c2cc(C(C)(C)C)c(O)c(C(C)(C)C)c2)CS1. The van der Waals surface area contributed by atoms with Crippen LogP contribution in [0.2, 0.25) is 0 Å². The van der Waals surface area contributed by atoms with Crippen molar-refractivity contribution < 1.29 is 5.11 Å². The highest BCUT2D eigenvalue weighted by Crippen LogP contribution is 2.40. The van der Waals surface area contributed by atoms with Crippen molar-refractivity contribution in [2.75, 3.05) is 12.8 Å². The van der Waals surface area contributed by atoms with Gasteiger partial charge in [-0.3, -0.25) is 10.4 Å². The number of phenols is 1. The number of phenolic OH excluding ortho intramolecular Hbond substituents is 1. The topological polar surface area (TPSA) is 57.0 Å². The van der Waals surface area contributed by atoms with E-state index in [-0.39, 0.29) is 10.8 Å². The van der Waals surface area contributed by atoms with Crippen molar-refractivity contribution in [3.05, 3.63) is 28.8 Å². The molecule has 23 heavy (non-hydrogen) atoms. The Hall–Kier alpha value is -1.49. The standard InChI is InChI=1S/C18H27N3OS/c1-17(2,3)12-8-11(9-13(15(12)22)18(4,5)6)14-10-23-16(19-7)21-20-14/h8-9,22H,10H2,1-7H3,(H,19,21). The summed E-state index contributed by atoms with van der Waals surface area (Å²) < 4.78 is 0. The molecule has 0 saturated heterocycles. The molecule has 0 amide bonds. The fraction of sp³-hybridized carbons (Fsp3) is 0.556. The Morgan fingerprint density at radius 2 is 1.61 bits per heavy atom. The molecule has 2 N–H and O–H groups in total. The lowest BCUT2D eigenvalue weighted by Gasteiger charge is -2.28. The lowest BCUT2D eigenvalue weighted by Crippen LogP contribution is -2.26. The van der Waals surface area contributed by atoms with Gasteiger partial charge in [0.2, 0.25) is 0 Å². The van der Waals surface area contributed by atoms with Crippen molar-refractivity contribution >= 4 is 22.6 Å². The van der Waals surface area contributed by atoms with Gasteiger partial charge < -0.3 is 5.11 Å². The lowest BCUT2D eigenvalue weighted by molar-refractivity contribution is 0.423. The molecule has 2 rings (SSSR count). The number of rotatable bonds is 1. The predicted molar refractivity (Wildman–Crippen MR) is 101 cm³/mol. The number of thioether (sulfide) groups is 1. The molecule has 1 heterocycles. The number of amidine groups is 1. The first-order valence-electron chi connectivity index (χ1n) is 7.84. The summed E-state index contributed by atoms with van der Waals surface area (Å²) in [6, 6.07) is 4.14. The average molecular weight is 334 g/mol. The zero-order valence-electron chi connectivity index (χ0n) is 15.1. The minimum Gasteiger partial charge on any atom is -0.507 e. The summed E-state index contributed by atoms with van der Waals surface area (Å²) >= 11 is 1.64. The van der Waals surface area contributed by atoms with Gasteiger partial charge in [0.15, 0.2) is 5.17 Å². The van der Waals surface area contributed by atoms with Crippen LogP contribution in [-0.2, 0) is 10.8 Å². The molecular formula is C18H27N3OS. The van der Waals surface area contributed by atoms with Crippen molar-refractivity contribution in [3.8, 4) is 5.75 Å². The molecule has 0 unspecified atom stereocenters. The van der Waals surface area contributed by atoms with Crippen LogP contribution < -0.4 is 5.43 Å². The Labute approximate surface area is 143 Å². The second-order valence-electron chi connectivity index (χ2n) is 7.91. The van der Waals surface area contributed by atoms with Gasteiger partial charge in [-0.15, -0.1) is 0 Å². The normalized spacial score (nSPS) is 17.9. The third-order valence-electron chi connectivity index (χ3n) is 3.89. The van der Waals surface area contributed by atoms with E-state index in [9.17, 15) is 5.11 Å². The Kier molecular flexibility index (Phi) is 4.81. The molecule has 1 aliphatic heterocycles. The zero-order chi connectivity index (χ0) is 17.4. The van der Waals surface area contributed by atoms with E-state index in [1.165, 1.54) is 0 Å². The van der Waals surface area contributed by atoms with E-state index < -0.39 is 0 Å². The fourth-order valence-electron chi connectivity index (χ4n) is 2.52. The van der Waals surface area contributed by atoms with E-state index in [1.807, 2.05) is 0 Å². The van der Waals surface area contributed by atoms with E-state index in [4.69, 9.17) is 0 Å². The minimum absolute atomic E-state index is 0.133. The van der Waals surface area contributed by atoms with Crippen LogP contribution in [0.1, 0.15) is 58.2 Å². The van der Waals surface area contributed by atoms with Crippen molar-refractivity contribution in [3.63, 3.8) is 0 Å². The Morgan fingerprint density at radius 3 is 1.96 bits per heavy atom. The Bertz CT molecular complexity index is 629. The fourth-order valence-corrected chi connectivity index (χ4v) is 3.27. The molecule has 0 aliphatic carbocycles. The van der Waals surface area contributed by atoms with E-state index in [1.54, 1.807) is 18.8 Å². The van der Waals surface area contributed by atoms with E-state index in [0.717, 1.165) is 33.3 Å². The first-order valence-corrected chi connectivity index (χ1v) is 8.83. The molecule has 4 nitrogen and oxygen atoms in total. The third-order valence-corrected chi connectivity index (χ3v) is 4.86. The van der Waals surface area contributed by atoms with Gasteiger partial charge in [-0.05, 0) is 28.5 Å². The second kappa shape index (κ2) is 6.19. The Balaban J connectivity index is 2.60. The third kappa shape index (κ3) is 3.89. The smallest absolute Gasteiger partial charge is 0.177 e. The molecule has 5 heteroatoms. The van der Waals surface area contributed by atoms with Gasteiger partial charge in [0.1, 0.15) is 5.75 Å². The lowest BCUT2D eigenvalue weighted by atomic mass is 9.78. The van der Waals surface area contributed by atoms with Crippen LogP contribution in [0.4, 0.5) is 0 Å². The summed E-state index contributed by atoms with van der Waals surface area (Å²) in [6.07, 6.45) is 0. The second-order valence-corrected chi connectivity index (χ2v) is 8.87. The summed E-state index contributed by atoms with van der Waals surface area (Å²) in [5, 5.41) is 16.1. The van der Waals surface area contributed by atoms with Gasteiger partial charge in [0.25, 0.3) is 0 Å². The molecule has 0 radical (unpaired) electrons. The van der Waals surface area contributed by atoms with Crippen LogP contribution in [-0.4, -0.2) is 28.8 Å². The van der Waals surface area contributed by atoms with Gasteiger partial charge in [-0.2, -0.15) is 5.10 Å². The highest BCUT2D eigenvalue weighted by Gasteiger charge is 2.27. The maximum atomic E-state index is 10.8. The molecular weight excluding hydrogens is 306 g/mol. The molecule has 0 bridgehead atoms. The van der Waals surface area contributed by atoms with Crippen LogP contribution in [0.25, 0.3) is 0 Å². The summed E-state index contributed by atoms with van der Waals surface area (Å²) in [6.45, 7) is 12.7. The van der Waals surface area contributed by atoms with Crippen LogP contribution >= 0.6 is 11.8 Å². The van der Waals surface area contributed by atoms with Gasteiger partial charge in [0.05, 0.1) is 5.71 Å². The van der Waals surface area contributed by atoms with Crippen molar-refractivity contribution in [2.24, 2.45) is 10.1 Å². The molecule has 1 aromatic carbocycles. The van der Waals surface area contributed by atoms with Crippen molar-refractivity contribution in [2.45, 2.75) is 52.4 Å². The van der Waals surface area contributed by atoms with Crippen LogP contribution in [0.15, 0.2) is 22.2 Å². The van der Waals surface area contributed by atoms with Gasteiger partial charge in [-0.25, -0.2) is 0 Å². The number of hydrogen-bond acceptors (Lipinski definition) is 4.